The lowest BCUT2D eigenvalue weighted by Gasteiger charge is -2.43. The summed E-state index contributed by atoms with van der Waals surface area (Å²) in [5.41, 5.74) is 4.28. The third-order valence-electron chi connectivity index (χ3n) is 6.92. The molecule has 2 atom stereocenters. The van der Waals surface area contributed by atoms with Gasteiger partial charge in [0.25, 0.3) is 5.91 Å². The van der Waals surface area contributed by atoms with Crippen LogP contribution in [0.3, 0.4) is 0 Å². The van der Waals surface area contributed by atoms with Gasteiger partial charge in [0.05, 0.1) is 30.9 Å². The first-order valence-electron chi connectivity index (χ1n) is 11.7. The molecule has 2 unspecified atom stereocenters. The number of nitrogens with zero attached hydrogens (tertiary/aromatic N) is 4. The summed E-state index contributed by atoms with van der Waals surface area (Å²) in [5.74, 6) is 1.09. The quantitative estimate of drug-likeness (QED) is 0.513. The highest BCUT2D eigenvalue weighted by Gasteiger charge is 2.41. The number of carbonyl (C=O) groups is 1. The molecule has 0 spiro atoms. The van der Waals surface area contributed by atoms with Crippen LogP contribution in [0, 0.1) is 5.21 Å². The van der Waals surface area contributed by atoms with Crippen LogP contribution in [0.1, 0.15) is 16.7 Å². The fourth-order valence-corrected chi connectivity index (χ4v) is 5.68. The molecule has 0 radical (unpaired) electrons. The molecule has 3 aromatic rings. The Morgan fingerprint density at radius 2 is 1.92 bits per heavy atom. The summed E-state index contributed by atoms with van der Waals surface area (Å²) in [5, 5.41) is 12.1. The number of quaternary nitrogens is 1. The van der Waals surface area contributed by atoms with Crippen LogP contribution in [-0.4, -0.2) is 56.3 Å². The third-order valence-corrected chi connectivity index (χ3v) is 8.05. The van der Waals surface area contributed by atoms with E-state index in [-0.39, 0.29) is 29.0 Å². The maximum atomic E-state index is 13.5. The fourth-order valence-electron chi connectivity index (χ4n) is 5.04. The number of sulfone groups is 1. The highest BCUT2D eigenvalue weighted by atomic mass is 32.2. The molecule has 0 aliphatic carbocycles. The molecule has 1 saturated heterocycles. The number of carbonyl (C=O) groups excluding carboxylic acids is 1. The molecule has 3 aliphatic heterocycles. The topological polar surface area (TPSA) is 120 Å². The summed E-state index contributed by atoms with van der Waals surface area (Å²) in [4.78, 5) is 26.8. The number of rotatable bonds is 4. The van der Waals surface area contributed by atoms with Crippen molar-refractivity contribution >= 4 is 27.2 Å². The van der Waals surface area contributed by atoms with Gasteiger partial charge < -0.3 is 24.8 Å². The van der Waals surface area contributed by atoms with Crippen molar-refractivity contribution in [2.45, 2.75) is 30.6 Å². The van der Waals surface area contributed by atoms with Crippen molar-refractivity contribution in [2.75, 3.05) is 35.8 Å². The summed E-state index contributed by atoms with van der Waals surface area (Å²) >= 11 is 0. The minimum Gasteiger partial charge on any atom is -0.634 e. The molecular weight excluding hydrogens is 482 g/mol. The van der Waals surface area contributed by atoms with Gasteiger partial charge in [-0.15, -0.1) is 0 Å². The summed E-state index contributed by atoms with van der Waals surface area (Å²) in [6.07, 6.45) is 2.84. The van der Waals surface area contributed by atoms with Crippen molar-refractivity contribution in [1.82, 2.24) is 9.97 Å². The van der Waals surface area contributed by atoms with Gasteiger partial charge in [-0.1, -0.05) is 24.3 Å². The Kier molecular flexibility index (Phi) is 5.52. The summed E-state index contributed by atoms with van der Waals surface area (Å²) in [6, 6.07) is 11.9. The van der Waals surface area contributed by atoms with E-state index in [1.54, 1.807) is 35.4 Å². The van der Waals surface area contributed by atoms with E-state index in [4.69, 9.17) is 9.72 Å². The highest BCUT2D eigenvalue weighted by Crippen LogP contribution is 2.37. The number of ether oxygens (including phenoxy) is 1. The number of benzene rings is 2. The van der Waals surface area contributed by atoms with Crippen molar-refractivity contribution in [1.29, 1.82) is 0 Å². The Labute approximate surface area is 208 Å². The van der Waals surface area contributed by atoms with E-state index in [0.29, 0.717) is 43.6 Å². The summed E-state index contributed by atoms with van der Waals surface area (Å²) < 4.78 is 29.3. The van der Waals surface area contributed by atoms with Gasteiger partial charge in [-0.25, -0.2) is 18.4 Å². The van der Waals surface area contributed by atoms with Crippen molar-refractivity contribution in [2.24, 2.45) is 0 Å². The zero-order valence-electron chi connectivity index (χ0n) is 19.7. The van der Waals surface area contributed by atoms with Crippen LogP contribution in [0.4, 0.5) is 11.5 Å². The smallest absolute Gasteiger partial charge is 0.252 e. The number of morpholine rings is 1. The lowest BCUT2D eigenvalue weighted by atomic mass is 10.1. The van der Waals surface area contributed by atoms with Gasteiger partial charge in [0, 0.05) is 29.5 Å². The van der Waals surface area contributed by atoms with Crippen LogP contribution in [-0.2, 0) is 39.0 Å². The minimum atomic E-state index is -3.31. The Bertz CT molecular complexity index is 1460. The number of amides is 1. The van der Waals surface area contributed by atoms with E-state index in [1.807, 2.05) is 23.1 Å². The molecule has 1 fully saturated rings. The predicted molar refractivity (Wildman–Crippen MR) is 132 cm³/mol. The standard InChI is InChI=1S/C25H25N5O5S/c1-36(33,34)20-6-2-16(3-7-20)12-30-21-11-26-23(17-4-5-18-13-28(32)14-19(18)10-17)27-24(21)29-8-9-35-15-22(29)25(30)31/h2-7,10-11,22,28H,8-9,12-15H2,1H3. The van der Waals surface area contributed by atoms with Crippen molar-refractivity contribution in [3.8, 4) is 11.4 Å². The molecule has 1 amide bonds. The maximum absolute atomic E-state index is 13.5. The molecule has 6 rings (SSSR count). The molecule has 1 N–H and O–H groups in total. The lowest BCUT2D eigenvalue weighted by Crippen LogP contribution is -3.02. The van der Waals surface area contributed by atoms with Gasteiger partial charge in [0.1, 0.15) is 24.8 Å². The number of fused-ring (bicyclic) bond motifs is 4. The second kappa shape index (κ2) is 8.63. The summed E-state index contributed by atoms with van der Waals surface area (Å²) in [6.45, 7) is 2.45. The largest absolute Gasteiger partial charge is 0.634 e. The summed E-state index contributed by atoms with van der Waals surface area (Å²) in [7, 11) is -3.31. The van der Waals surface area contributed by atoms with Crippen LogP contribution in [0.15, 0.2) is 53.6 Å². The SMILES string of the molecule is CS(=O)(=O)c1ccc(CN2C(=O)C3COCCN3c3nc(-c4ccc5c(c4)C[NH+]([O-])C5)ncc32)cc1. The number of hydroxylamine groups is 2. The number of anilines is 2. The molecule has 36 heavy (non-hydrogen) atoms. The Morgan fingerprint density at radius 1 is 1.14 bits per heavy atom. The molecular formula is C25H25N5O5S. The predicted octanol–water partition coefficient (Wildman–Crippen LogP) is 0.695. The first-order valence-corrected chi connectivity index (χ1v) is 13.6. The first-order chi connectivity index (χ1) is 17.3. The molecule has 0 bridgehead atoms. The molecule has 3 aliphatic rings. The van der Waals surface area contributed by atoms with E-state index < -0.39 is 15.9 Å². The zero-order valence-corrected chi connectivity index (χ0v) is 20.5. The Morgan fingerprint density at radius 3 is 2.69 bits per heavy atom. The van der Waals surface area contributed by atoms with Gasteiger partial charge in [-0.2, -0.15) is 0 Å². The molecule has 186 valence electrons. The number of aromatic nitrogens is 2. The molecule has 4 heterocycles. The van der Waals surface area contributed by atoms with Gasteiger partial charge in [0.15, 0.2) is 21.5 Å². The molecule has 0 saturated carbocycles. The molecule has 11 heteroatoms. The fraction of sp³-hybridized carbons (Fsp3) is 0.320. The number of hydrogen-bond acceptors (Lipinski definition) is 8. The van der Waals surface area contributed by atoms with Gasteiger partial charge in [-0.05, 0) is 23.8 Å². The second-order valence-corrected chi connectivity index (χ2v) is 11.4. The lowest BCUT2D eigenvalue weighted by molar-refractivity contribution is -0.869. The average Bonchev–Trinajstić information content (AvgIpc) is 3.25. The first kappa shape index (κ1) is 23.0. The minimum absolute atomic E-state index is 0.109. The van der Waals surface area contributed by atoms with Crippen LogP contribution in [0.5, 0.6) is 0 Å². The Hall–Kier alpha value is -3.38. The van der Waals surface area contributed by atoms with E-state index in [1.165, 1.54) is 0 Å². The Balaban J connectivity index is 1.37. The average molecular weight is 508 g/mol. The van der Waals surface area contributed by atoms with E-state index >= 15 is 0 Å². The normalized spacial score (nSPS) is 21.2. The van der Waals surface area contributed by atoms with Crippen LogP contribution in [0.25, 0.3) is 11.4 Å². The highest BCUT2D eigenvalue weighted by molar-refractivity contribution is 7.90. The van der Waals surface area contributed by atoms with E-state index in [2.05, 4.69) is 4.98 Å². The van der Waals surface area contributed by atoms with Crippen LogP contribution in [0.2, 0.25) is 0 Å². The second-order valence-electron chi connectivity index (χ2n) is 9.40. The van der Waals surface area contributed by atoms with Crippen molar-refractivity contribution in [3.63, 3.8) is 0 Å². The van der Waals surface area contributed by atoms with Gasteiger partial charge in [0.2, 0.25) is 0 Å². The molecule has 1 aromatic heterocycles. The van der Waals surface area contributed by atoms with Crippen molar-refractivity contribution in [3.05, 3.63) is 70.6 Å². The monoisotopic (exact) mass is 507 g/mol. The number of hydrogen-bond donors (Lipinski definition) is 1. The van der Waals surface area contributed by atoms with Gasteiger partial charge >= 0.3 is 0 Å². The van der Waals surface area contributed by atoms with Crippen LogP contribution >= 0.6 is 0 Å². The van der Waals surface area contributed by atoms with Gasteiger partial charge in [-0.3, -0.25) is 4.79 Å². The number of nitrogens with one attached hydrogen (secondary N) is 1. The van der Waals surface area contributed by atoms with E-state index in [9.17, 15) is 18.4 Å². The molecule has 2 aromatic carbocycles. The third kappa shape index (κ3) is 4.03. The van der Waals surface area contributed by atoms with Crippen molar-refractivity contribution < 1.29 is 23.0 Å². The zero-order chi connectivity index (χ0) is 25.0. The van der Waals surface area contributed by atoms with Crippen LogP contribution < -0.4 is 14.9 Å². The van der Waals surface area contributed by atoms with E-state index in [0.717, 1.165) is 28.5 Å². The molecule has 10 nitrogen and oxygen atoms in total. The maximum Gasteiger partial charge on any atom is 0.252 e.